The van der Waals surface area contributed by atoms with E-state index in [4.69, 9.17) is 11.6 Å². The van der Waals surface area contributed by atoms with E-state index in [2.05, 4.69) is 0 Å². The highest BCUT2D eigenvalue weighted by Crippen LogP contribution is 2.54. The minimum Gasteiger partial charge on any atom is -0.258 e. The van der Waals surface area contributed by atoms with Gasteiger partial charge in [-0.05, 0) is 37.2 Å². The third-order valence-corrected chi connectivity index (χ3v) is 6.39. The summed E-state index contributed by atoms with van der Waals surface area (Å²) in [5.74, 6) is 1.26. The number of hydrogen-bond donors (Lipinski definition) is 0. The van der Waals surface area contributed by atoms with Crippen molar-refractivity contribution < 1.29 is 4.92 Å². The minimum atomic E-state index is -0.307. The summed E-state index contributed by atoms with van der Waals surface area (Å²) in [7, 11) is 0. The number of nitro groups is 1. The third-order valence-electron chi connectivity index (χ3n) is 4.07. The molecular formula is C13H14ClNO2S. The zero-order chi connectivity index (χ0) is 12.7. The summed E-state index contributed by atoms with van der Waals surface area (Å²) in [5.41, 5.74) is 0.203. The van der Waals surface area contributed by atoms with Gasteiger partial charge in [-0.1, -0.05) is 12.1 Å². The Labute approximate surface area is 115 Å². The van der Waals surface area contributed by atoms with Crippen molar-refractivity contribution >= 4 is 29.1 Å². The minimum absolute atomic E-state index is 0.175. The topological polar surface area (TPSA) is 43.1 Å². The van der Waals surface area contributed by atoms with Crippen molar-refractivity contribution in [3.8, 4) is 0 Å². The van der Waals surface area contributed by atoms with Crippen LogP contribution < -0.4 is 0 Å². The second-order valence-corrected chi connectivity index (χ2v) is 6.81. The molecular weight excluding hydrogens is 270 g/mol. The van der Waals surface area contributed by atoms with Crippen LogP contribution in [-0.4, -0.2) is 15.6 Å². The maximum atomic E-state index is 11.0. The van der Waals surface area contributed by atoms with Gasteiger partial charge in [0.05, 0.1) is 9.82 Å². The first-order valence-corrected chi connectivity index (χ1v) is 7.52. The van der Waals surface area contributed by atoms with Crippen LogP contribution in [0.25, 0.3) is 0 Å². The fraction of sp³-hybridized carbons (Fsp3) is 0.538. The van der Waals surface area contributed by atoms with Gasteiger partial charge in [-0.15, -0.1) is 23.4 Å². The van der Waals surface area contributed by atoms with E-state index in [0.29, 0.717) is 17.1 Å². The molecule has 1 aromatic rings. The van der Waals surface area contributed by atoms with E-state index < -0.39 is 0 Å². The highest BCUT2D eigenvalue weighted by atomic mass is 35.5. The number of fused-ring (bicyclic) bond motifs is 2. The van der Waals surface area contributed by atoms with Gasteiger partial charge in [0.1, 0.15) is 0 Å². The molecule has 3 nitrogen and oxygen atoms in total. The molecule has 2 fully saturated rings. The standard InChI is InChI=1S/C13H14ClNO2S/c14-12-8-5-6-9(7-8)13(12)18-11-4-2-1-3-10(11)15(16)17/h1-4,8-9,12-13H,5-7H2/t8?,9?,12-,13?/m0/s1. The fourth-order valence-electron chi connectivity index (χ4n) is 3.18. The Hall–Kier alpha value is -0.740. The Balaban J connectivity index is 1.83. The molecule has 0 aliphatic heterocycles. The molecule has 0 heterocycles. The quantitative estimate of drug-likeness (QED) is 0.477. The van der Waals surface area contributed by atoms with Gasteiger partial charge < -0.3 is 0 Å². The van der Waals surface area contributed by atoms with E-state index in [1.807, 2.05) is 12.1 Å². The molecule has 2 saturated carbocycles. The number of alkyl halides is 1. The number of nitro benzene ring substituents is 1. The number of nitrogens with zero attached hydrogens (tertiary/aromatic N) is 1. The maximum absolute atomic E-state index is 11.0. The van der Waals surface area contributed by atoms with Crippen LogP contribution in [-0.2, 0) is 0 Å². The van der Waals surface area contributed by atoms with Gasteiger partial charge in [0, 0.05) is 16.7 Å². The van der Waals surface area contributed by atoms with E-state index >= 15 is 0 Å². The molecule has 0 N–H and O–H groups in total. The number of thioether (sulfide) groups is 1. The summed E-state index contributed by atoms with van der Waals surface area (Å²) < 4.78 is 0. The molecule has 96 valence electrons. The molecule has 0 amide bonds. The molecule has 0 aromatic heterocycles. The number of benzene rings is 1. The average Bonchev–Trinajstić information content (AvgIpc) is 2.93. The van der Waals surface area contributed by atoms with E-state index in [1.165, 1.54) is 19.3 Å². The highest BCUT2D eigenvalue weighted by molar-refractivity contribution is 8.00. The van der Waals surface area contributed by atoms with Crippen LogP contribution in [0, 0.1) is 22.0 Å². The van der Waals surface area contributed by atoms with Crippen molar-refractivity contribution in [2.75, 3.05) is 0 Å². The van der Waals surface area contributed by atoms with E-state index in [-0.39, 0.29) is 16.0 Å². The lowest BCUT2D eigenvalue weighted by molar-refractivity contribution is -0.387. The number of hydrogen-bond acceptors (Lipinski definition) is 3. The molecule has 1 aromatic carbocycles. The summed E-state index contributed by atoms with van der Waals surface area (Å²) >= 11 is 8.07. The fourth-order valence-corrected chi connectivity index (χ4v) is 5.28. The van der Waals surface area contributed by atoms with Gasteiger partial charge in [0.15, 0.2) is 0 Å². The van der Waals surface area contributed by atoms with Crippen molar-refractivity contribution in [1.29, 1.82) is 0 Å². The molecule has 18 heavy (non-hydrogen) atoms. The molecule has 2 bridgehead atoms. The van der Waals surface area contributed by atoms with Crippen LogP contribution in [0.4, 0.5) is 5.69 Å². The van der Waals surface area contributed by atoms with Gasteiger partial charge in [0.2, 0.25) is 0 Å². The average molecular weight is 284 g/mol. The van der Waals surface area contributed by atoms with Crippen LogP contribution in [0.3, 0.4) is 0 Å². The van der Waals surface area contributed by atoms with Gasteiger partial charge >= 0.3 is 0 Å². The molecule has 5 heteroatoms. The SMILES string of the molecule is O=[N+]([O-])c1ccccc1SC1C2CCC(C2)[C@@H]1Cl. The summed E-state index contributed by atoms with van der Waals surface area (Å²) in [5, 5.41) is 11.5. The lowest BCUT2D eigenvalue weighted by atomic mass is 10.00. The summed E-state index contributed by atoms with van der Waals surface area (Å²) in [4.78, 5) is 11.4. The van der Waals surface area contributed by atoms with Gasteiger partial charge in [0.25, 0.3) is 5.69 Å². The van der Waals surface area contributed by atoms with Crippen molar-refractivity contribution in [2.24, 2.45) is 11.8 Å². The van der Waals surface area contributed by atoms with Crippen LogP contribution in [0.1, 0.15) is 19.3 Å². The zero-order valence-corrected chi connectivity index (χ0v) is 11.4. The van der Waals surface area contributed by atoms with Crippen LogP contribution in [0.15, 0.2) is 29.2 Å². The summed E-state index contributed by atoms with van der Waals surface area (Å²) in [6.07, 6.45) is 3.66. The molecule has 2 aliphatic carbocycles. The Morgan fingerprint density at radius 2 is 2.00 bits per heavy atom. The number of rotatable bonds is 3. The molecule has 3 rings (SSSR count). The van der Waals surface area contributed by atoms with Crippen molar-refractivity contribution in [3.63, 3.8) is 0 Å². The first-order valence-electron chi connectivity index (χ1n) is 6.21. The van der Waals surface area contributed by atoms with Crippen LogP contribution in [0.5, 0.6) is 0 Å². The van der Waals surface area contributed by atoms with Gasteiger partial charge in [-0.3, -0.25) is 10.1 Å². The Morgan fingerprint density at radius 3 is 2.67 bits per heavy atom. The smallest absolute Gasteiger partial charge is 0.258 e. The number of halogens is 1. The maximum Gasteiger partial charge on any atom is 0.282 e. The number of para-hydroxylation sites is 1. The molecule has 4 atom stereocenters. The Bertz CT molecular complexity index is 480. The Kier molecular flexibility index (Phi) is 3.24. The van der Waals surface area contributed by atoms with Crippen molar-refractivity contribution in [3.05, 3.63) is 34.4 Å². The third kappa shape index (κ3) is 2.01. The predicted octanol–water partition coefficient (Wildman–Crippen LogP) is 4.09. The first-order chi connectivity index (χ1) is 8.66. The van der Waals surface area contributed by atoms with Crippen molar-refractivity contribution in [1.82, 2.24) is 0 Å². The van der Waals surface area contributed by atoms with Gasteiger partial charge in [-0.2, -0.15) is 0 Å². The van der Waals surface area contributed by atoms with Crippen molar-refractivity contribution in [2.45, 2.75) is 34.8 Å². The van der Waals surface area contributed by atoms with E-state index in [0.717, 1.165) is 4.90 Å². The van der Waals surface area contributed by atoms with Crippen LogP contribution in [0.2, 0.25) is 0 Å². The summed E-state index contributed by atoms with van der Waals surface area (Å²) in [6, 6.07) is 6.96. The monoisotopic (exact) mass is 283 g/mol. The largest absolute Gasteiger partial charge is 0.282 e. The van der Waals surface area contributed by atoms with E-state index in [9.17, 15) is 10.1 Å². The normalized spacial score (nSPS) is 33.8. The van der Waals surface area contributed by atoms with Gasteiger partial charge in [-0.25, -0.2) is 0 Å². The summed E-state index contributed by atoms with van der Waals surface area (Å²) in [6.45, 7) is 0. The predicted molar refractivity (Wildman–Crippen MR) is 73.2 cm³/mol. The lowest BCUT2D eigenvalue weighted by Gasteiger charge is -2.25. The first kappa shape index (κ1) is 12.3. The molecule has 0 spiro atoms. The molecule has 0 radical (unpaired) electrons. The lowest BCUT2D eigenvalue weighted by Crippen LogP contribution is -2.25. The highest BCUT2D eigenvalue weighted by Gasteiger charge is 2.47. The molecule has 2 aliphatic rings. The molecule has 0 saturated heterocycles. The second kappa shape index (κ2) is 4.74. The molecule has 3 unspecified atom stereocenters. The van der Waals surface area contributed by atoms with E-state index in [1.54, 1.807) is 23.9 Å². The zero-order valence-electron chi connectivity index (χ0n) is 9.79. The Morgan fingerprint density at radius 1 is 1.28 bits per heavy atom. The second-order valence-electron chi connectivity index (χ2n) is 5.08. The van der Waals surface area contributed by atoms with Crippen LogP contribution >= 0.6 is 23.4 Å².